The van der Waals surface area contributed by atoms with Crippen LogP contribution in [0, 0.1) is 0 Å². The van der Waals surface area contributed by atoms with E-state index in [0.29, 0.717) is 36.7 Å². The summed E-state index contributed by atoms with van der Waals surface area (Å²) < 4.78 is 11.1. The minimum atomic E-state index is -0.0279. The van der Waals surface area contributed by atoms with Crippen LogP contribution in [0.15, 0.2) is 54.1 Å². The van der Waals surface area contributed by atoms with Crippen molar-refractivity contribution >= 4 is 24.4 Å². The van der Waals surface area contributed by atoms with Gasteiger partial charge in [0.1, 0.15) is 6.61 Å². The molecule has 0 radical (unpaired) electrons. The normalized spacial score (nSPS) is 12.1. The fourth-order valence-corrected chi connectivity index (χ4v) is 3.05. The number of fused-ring (bicyclic) bond motifs is 1. The first kappa shape index (κ1) is 20.8. The highest BCUT2D eigenvalue weighted by molar-refractivity contribution is 5.99. The van der Waals surface area contributed by atoms with Gasteiger partial charge in [-0.1, -0.05) is 42.5 Å². The SMILES string of the molecule is COc1cccc2c1OCC(C(=O)N(CCN)CCc1ccccc1)=C2.Cl. The number of hydrogen-bond acceptors (Lipinski definition) is 4. The Morgan fingerprint density at radius 3 is 2.63 bits per heavy atom. The smallest absolute Gasteiger partial charge is 0.253 e. The highest BCUT2D eigenvalue weighted by Gasteiger charge is 2.23. The fraction of sp³-hybridized carbons (Fsp3) is 0.286. The van der Waals surface area contributed by atoms with Gasteiger partial charge in [0.2, 0.25) is 0 Å². The Bertz CT molecular complexity index is 793. The third kappa shape index (κ3) is 5.02. The molecule has 2 aromatic rings. The fourth-order valence-electron chi connectivity index (χ4n) is 3.05. The predicted octanol–water partition coefficient (Wildman–Crippen LogP) is 2.92. The molecule has 0 unspecified atom stereocenters. The Labute approximate surface area is 166 Å². The maximum atomic E-state index is 13.0. The topological polar surface area (TPSA) is 64.8 Å². The standard InChI is InChI=1S/C21H24N2O3.ClH/c1-25-19-9-5-8-17-14-18(15-26-20(17)19)21(24)23(13-11-22)12-10-16-6-3-2-4-7-16;/h2-9,14H,10-13,15,22H2,1H3;1H. The Hall–Kier alpha value is -2.50. The van der Waals surface area contributed by atoms with Gasteiger partial charge in [0.05, 0.1) is 12.7 Å². The molecule has 6 heteroatoms. The summed E-state index contributed by atoms with van der Waals surface area (Å²) in [5.74, 6) is 1.33. The molecule has 0 saturated heterocycles. The van der Waals surface area contributed by atoms with Crippen LogP contribution < -0.4 is 15.2 Å². The van der Waals surface area contributed by atoms with Crippen LogP contribution >= 0.6 is 12.4 Å². The number of carbonyl (C=O) groups is 1. The summed E-state index contributed by atoms with van der Waals surface area (Å²) in [6, 6.07) is 15.8. The van der Waals surface area contributed by atoms with Crippen LogP contribution in [0.4, 0.5) is 0 Å². The van der Waals surface area contributed by atoms with Crippen molar-refractivity contribution in [1.29, 1.82) is 0 Å². The van der Waals surface area contributed by atoms with Crippen LogP contribution in [0.3, 0.4) is 0 Å². The summed E-state index contributed by atoms with van der Waals surface area (Å²) >= 11 is 0. The van der Waals surface area contributed by atoms with Crippen LogP contribution in [0.25, 0.3) is 6.08 Å². The summed E-state index contributed by atoms with van der Waals surface area (Å²) in [5.41, 5.74) is 8.41. The van der Waals surface area contributed by atoms with Gasteiger partial charge in [-0.3, -0.25) is 4.79 Å². The molecular formula is C21H25ClN2O3. The molecule has 0 bridgehead atoms. The van der Waals surface area contributed by atoms with E-state index in [1.807, 2.05) is 42.5 Å². The average molecular weight is 389 g/mol. The van der Waals surface area contributed by atoms with Crippen molar-refractivity contribution in [2.75, 3.05) is 33.4 Å². The lowest BCUT2D eigenvalue weighted by atomic mass is 10.1. The van der Waals surface area contributed by atoms with Gasteiger partial charge < -0.3 is 20.1 Å². The molecule has 5 nitrogen and oxygen atoms in total. The Kier molecular flexibility index (Phi) is 7.70. The minimum absolute atomic E-state index is 0. The molecule has 0 atom stereocenters. The second kappa shape index (κ2) is 10.00. The van der Waals surface area contributed by atoms with Gasteiger partial charge in [0.25, 0.3) is 5.91 Å². The second-order valence-corrected chi connectivity index (χ2v) is 6.15. The number of methoxy groups -OCH3 is 1. The number of rotatable bonds is 7. The lowest BCUT2D eigenvalue weighted by Crippen LogP contribution is -2.39. The van der Waals surface area contributed by atoms with Crippen molar-refractivity contribution in [2.45, 2.75) is 6.42 Å². The summed E-state index contributed by atoms with van der Waals surface area (Å²) in [6.45, 7) is 1.81. The molecule has 1 amide bonds. The van der Waals surface area contributed by atoms with E-state index in [1.165, 1.54) is 5.56 Å². The van der Waals surface area contributed by atoms with Crippen LogP contribution in [-0.2, 0) is 11.2 Å². The van der Waals surface area contributed by atoms with Crippen LogP contribution in [0.5, 0.6) is 11.5 Å². The maximum Gasteiger partial charge on any atom is 0.253 e. The van der Waals surface area contributed by atoms with E-state index in [0.717, 1.165) is 12.0 Å². The zero-order chi connectivity index (χ0) is 18.4. The van der Waals surface area contributed by atoms with Gasteiger partial charge in [-0.15, -0.1) is 12.4 Å². The van der Waals surface area contributed by atoms with E-state index in [-0.39, 0.29) is 24.9 Å². The Morgan fingerprint density at radius 2 is 1.93 bits per heavy atom. The molecule has 27 heavy (non-hydrogen) atoms. The average Bonchev–Trinajstić information content (AvgIpc) is 2.70. The van der Waals surface area contributed by atoms with Crippen LogP contribution in [-0.4, -0.2) is 44.2 Å². The first-order valence-electron chi connectivity index (χ1n) is 8.76. The van der Waals surface area contributed by atoms with Crippen molar-refractivity contribution in [3.05, 3.63) is 65.2 Å². The lowest BCUT2D eigenvalue weighted by molar-refractivity contribution is -0.127. The zero-order valence-electron chi connectivity index (χ0n) is 15.4. The summed E-state index contributed by atoms with van der Waals surface area (Å²) in [5, 5.41) is 0. The van der Waals surface area contributed by atoms with Crippen molar-refractivity contribution < 1.29 is 14.3 Å². The number of halogens is 1. The van der Waals surface area contributed by atoms with Gasteiger partial charge in [-0.25, -0.2) is 0 Å². The van der Waals surface area contributed by atoms with Crippen molar-refractivity contribution in [3.8, 4) is 11.5 Å². The molecule has 0 saturated carbocycles. The molecule has 0 fully saturated rings. The van der Waals surface area contributed by atoms with E-state index in [2.05, 4.69) is 12.1 Å². The zero-order valence-corrected chi connectivity index (χ0v) is 16.2. The minimum Gasteiger partial charge on any atom is -0.493 e. The molecule has 1 aliphatic rings. The third-order valence-electron chi connectivity index (χ3n) is 4.41. The van der Waals surface area contributed by atoms with Crippen molar-refractivity contribution in [3.63, 3.8) is 0 Å². The molecule has 0 aliphatic carbocycles. The van der Waals surface area contributed by atoms with Gasteiger partial charge in [0, 0.05) is 25.2 Å². The summed E-state index contributed by atoms with van der Waals surface area (Å²) in [7, 11) is 1.61. The van der Waals surface area contributed by atoms with Crippen molar-refractivity contribution in [2.24, 2.45) is 5.73 Å². The second-order valence-electron chi connectivity index (χ2n) is 6.15. The van der Waals surface area contributed by atoms with Gasteiger partial charge >= 0.3 is 0 Å². The predicted molar refractivity (Wildman–Crippen MR) is 109 cm³/mol. The Morgan fingerprint density at radius 1 is 1.15 bits per heavy atom. The number of ether oxygens (including phenoxy) is 2. The van der Waals surface area contributed by atoms with Gasteiger partial charge in [-0.2, -0.15) is 0 Å². The highest BCUT2D eigenvalue weighted by atomic mass is 35.5. The highest BCUT2D eigenvalue weighted by Crippen LogP contribution is 2.35. The molecule has 1 aliphatic heterocycles. The lowest BCUT2D eigenvalue weighted by Gasteiger charge is -2.26. The van der Waals surface area contributed by atoms with E-state index in [4.69, 9.17) is 15.2 Å². The van der Waals surface area contributed by atoms with Crippen molar-refractivity contribution in [1.82, 2.24) is 4.90 Å². The number of nitrogens with zero attached hydrogens (tertiary/aromatic N) is 1. The molecule has 1 heterocycles. The number of hydrogen-bond donors (Lipinski definition) is 1. The Balaban J connectivity index is 0.00000261. The van der Waals surface area contributed by atoms with E-state index in [9.17, 15) is 4.79 Å². The first-order valence-corrected chi connectivity index (χ1v) is 8.76. The van der Waals surface area contributed by atoms with Crippen LogP contribution in [0.2, 0.25) is 0 Å². The van der Waals surface area contributed by atoms with E-state index >= 15 is 0 Å². The quantitative estimate of drug-likeness (QED) is 0.792. The maximum absolute atomic E-state index is 13.0. The largest absolute Gasteiger partial charge is 0.493 e. The van der Waals surface area contributed by atoms with Gasteiger partial charge in [0.15, 0.2) is 11.5 Å². The molecular weight excluding hydrogens is 364 g/mol. The number of carbonyl (C=O) groups excluding carboxylic acids is 1. The number of para-hydroxylation sites is 1. The van der Waals surface area contributed by atoms with E-state index in [1.54, 1.807) is 12.0 Å². The number of nitrogens with two attached hydrogens (primary N) is 1. The molecule has 0 aromatic heterocycles. The third-order valence-corrected chi connectivity index (χ3v) is 4.41. The molecule has 2 N–H and O–H groups in total. The molecule has 144 valence electrons. The van der Waals surface area contributed by atoms with E-state index < -0.39 is 0 Å². The van der Waals surface area contributed by atoms with Crippen LogP contribution in [0.1, 0.15) is 11.1 Å². The monoisotopic (exact) mass is 388 g/mol. The molecule has 2 aromatic carbocycles. The number of benzene rings is 2. The summed E-state index contributed by atoms with van der Waals surface area (Å²) in [4.78, 5) is 14.8. The molecule has 3 rings (SSSR count). The first-order chi connectivity index (χ1) is 12.7. The van der Waals surface area contributed by atoms with Gasteiger partial charge in [-0.05, 0) is 24.1 Å². The molecule has 0 spiro atoms. The number of amides is 1. The summed E-state index contributed by atoms with van der Waals surface area (Å²) in [6.07, 6.45) is 2.68.